The second-order valence-electron chi connectivity index (χ2n) is 6.28. The van der Waals surface area contributed by atoms with Crippen LogP contribution in [0.1, 0.15) is 24.0 Å². The molecule has 0 radical (unpaired) electrons. The molecular weight excluding hydrogens is 318 g/mol. The van der Waals surface area contributed by atoms with Gasteiger partial charge in [0.1, 0.15) is 5.75 Å². The lowest BCUT2D eigenvalue weighted by atomic mass is 10.0. The Morgan fingerprint density at radius 1 is 0.846 bits per heavy atom. The van der Waals surface area contributed by atoms with Crippen LogP contribution in [0.2, 0.25) is 0 Å². The van der Waals surface area contributed by atoms with Crippen molar-refractivity contribution < 1.29 is 4.74 Å². The van der Waals surface area contributed by atoms with E-state index in [-0.39, 0.29) is 0 Å². The van der Waals surface area contributed by atoms with Gasteiger partial charge in [0.05, 0.1) is 12.8 Å². The molecule has 132 valence electrons. The average Bonchev–Trinajstić information content (AvgIpc) is 2.72. The lowest BCUT2D eigenvalue weighted by Gasteiger charge is -2.10. The van der Waals surface area contributed by atoms with Crippen molar-refractivity contribution in [2.24, 2.45) is 0 Å². The van der Waals surface area contributed by atoms with E-state index >= 15 is 0 Å². The van der Waals surface area contributed by atoms with Crippen LogP contribution in [0.25, 0.3) is 11.3 Å². The molecule has 3 rings (SSSR count). The quantitative estimate of drug-likeness (QED) is 0.477. The van der Waals surface area contributed by atoms with Gasteiger partial charge in [0.15, 0.2) is 0 Å². The minimum absolute atomic E-state index is 0.947. The topological polar surface area (TPSA) is 22.1 Å². The second kappa shape index (κ2) is 9.57. The van der Waals surface area contributed by atoms with Gasteiger partial charge in [0.25, 0.3) is 0 Å². The molecule has 0 unspecified atom stereocenters. The van der Waals surface area contributed by atoms with Crippen molar-refractivity contribution >= 4 is 0 Å². The SMILES string of the molecule is COc1ccc(-c2ccccn2)cc1CC/C=C/CCc1ccccc1. The minimum Gasteiger partial charge on any atom is -0.496 e. The smallest absolute Gasteiger partial charge is 0.122 e. The molecule has 1 heterocycles. The molecule has 0 aliphatic carbocycles. The lowest BCUT2D eigenvalue weighted by Crippen LogP contribution is -1.93. The van der Waals surface area contributed by atoms with Crippen LogP contribution in [0.4, 0.5) is 0 Å². The van der Waals surface area contributed by atoms with E-state index in [0.717, 1.165) is 42.7 Å². The standard InChI is InChI=1S/C24H25NO/c1-26-24-17-16-21(23-15-9-10-18-25-23)19-22(24)14-8-3-2-5-11-20-12-6-4-7-13-20/h2-4,6-7,9-10,12-13,15-19H,5,8,11,14H2,1H3/b3-2+. The summed E-state index contributed by atoms with van der Waals surface area (Å²) in [4.78, 5) is 4.44. The molecule has 0 N–H and O–H groups in total. The highest BCUT2D eigenvalue weighted by Crippen LogP contribution is 2.26. The van der Waals surface area contributed by atoms with Crippen LogP contribution < -0.4 is 4.74 Å². The molecule has 0 spiro atoms. The zero-order valence-corrected chi connectivity index (χ0v) is 15.3. The summed E-state index contributed by atoms with van der Waals surface area (Å²) in [7, 11) is 1.73. The van der Waals surface area contributed by atoms with Gasteiger partial charge in [-0.2, -0.15) is 0 Å². The summed E-state index contributed by atoms with van der Waals surface area (Å²) in [6.07, 6.45) is 10.5. The van der Waals surface area contributed by atoms with E-state index in [1.54, 1.807) is 7.11 Å². The molecule has 0 aliphatic rings. The maximum atomic E-state index is 5.53. The van der Waals surface area contributed by atoms with Crippen LogP contribution in [0.3, 0.4) is 0 Å². The number of benzene rings is 2. The molecule has 0 saturated heterocycles. The molecule has 1 aromatic heterocycles. The largest absolute Gasteiger partial charge is 0.496 e. The number of hydrogen-bond donors (Lipinski definition) is 0. The van der Waals surface area contributed by atoms with Crippen LogP contribution >= 0.6 is 0 Å². The molecular formula is C24H25NO. The van der Waals surface area contributed by atoms with Crippen LogP contribution in [-0.4, -0.2) is 12.1 Å². The highest BCUT2D eigenvalue weighted by atomic mass is 16.5. The third-order valence-corrected chi connectivity index (χ3v) is 4.43. The first kappa shape index (κ1) is 17.9. The summed E-state index contributed by atoms with van der Waals surface area (Å²) in [5.41, 5.74) is 4.74. The predicted molar refractivity (Wildman–Crippen MR) is 108 cm³/mol. The molecule has 0 bridgehead atoms. The molecule has 26 heavy (non-hydrogen) atoms. The number of aromatic nitrogens is 1. The van der Waals surface area contributed by atoms with Crippen molar-refractivity contribution in [2.75, 3.05) is 7.11 Å². The molecule has 0 atom stereocenters. The zero-order chi connectivity index (χ0) is 18.0. The van der Waals surface area contributed by atoms with Crippen LogP contribution in [0, 0.1) is 0 Å². The summed E-state index contributed by atoms with van der Waals surface area (Å²) in [5, 5.41) is 0. The molecule has 3 aromatic rings. The zero-order valence-electron chi connectivity index (χ0n) is 15.3. The summed E-state index contributed by atoms with van der Waals surface area (Å²) in [6, 6.07) is 22.9. The Hall–Kier alpha value is -2.87. The molecule has 0 fully saturated rings. The fourth-order valence-electron chi connectivity index (χ4n) is 3.04. The summed E-state index contributed by atoms with van der Waals surface area (Å²) in [6.45, 7) is 0. The van der Waals surface area contributed by atoms with Crippen LogP contribution in [-0.2, 0) is 12.8 Å². The fourth-order valence-corrected chi connectivity index (χ4v) is 3.04. The Labute approximate surface area is 156 Å². The third-order valence-electron chi connectivity index (χ3n) is 4.43. The van der Waals surface area contributed by atoms with E-state index in [9.17, 15) is 0 Å². The van der Waals surface area contributed by atoms with E-state index in [4.69, 9.17) is 4.74 Å². The maximum absolute atomic E-state index is 5.53. The van der Waals surface area contributed by atoms with E-state index in [0.29, 0.717) is 0 Å². The van der Waals surface area contributed by atoms with Gasteiger partial charge in [-0.1, -0.05) is 48.6 Å². The van der Waals surface area contributed by atoms with Crippen LogP contribution in [0.5, 0.6) is 5.75 Å². The number of allylic oxidation sites excluding steroid dienone is 2. The molecule has 2 nitrogen and oxygen atoms in total. The van der Waals surface area contributed by atoms with Gasteiger partial charge >= 0.3 is 0 Å². The number of aryl methyl sites for hydroxylation is 2. The number of nitrogens with zero attached hydrogens (tertiary/aromatic N) is 1. The van der Waals surface area contributed by atoms with Gasteiger partial charge in [-0.3, -0.25) is 4.98 Å². The first-order chi connectivity index (χ1) is 12.9. The van der Waals surface area contributed by atoms with E-state index in [1.807, 2.05) is 30.5 Å². The summed E-state index contributed by atoms with van der Waals surface area (Å²) >= 11 is 0. The van der Waals surface area contributed by atoms with Crippen molar-refractivity contribution in [2.45, 2.75) is 25.7 Å². The average molecular weight is 343 g/mol. The first-order valence-electron chi connectivity index (χ1n) is 9.14. The van der Waals surface area contributed by atoms with Gasteiger partial charge in [-0.15, -0.1) is 0 Å². The molecule has 0 amide bonds. The minimum atomic E-state index is 0.947. The highest BCUT2D eigenvalue weighted by molar-refractivity contribution is 5.62. The third kappa shape index (κ3) is 5.06. The van der Waals surface area contributed by atoms with Gasteiger partial charge in [0, 0.05) is 11.8 Å². The van der Waals surface area contributed by atoms with Crippen molar-refractivity contribution in [1.29, 1.82) is 0 Å². The molecule has 2 heteroatoms. The Bertz CT molecular complexity index is 825. The number of methoxy groups -OCH3 is 1. The number of rotatable bonds is 8. The normalized spacial score (nSPS) is 11.0. The maximum Gasteiger partial charge on any atom is 0.122 e. The van der Waals surface area contributed by atoms with Gasteiger partial charge in [-0.25, -0.2) is 0 Å². The fraction of sp³-hybridized carbons (Fsp3) is 0.208. The van der Waals surface area contributed by atoms with Crippen molar-refractivity contribution in [3.8, 4) is 17.0 Å². The van der Waals surface area contributed by atoms with Crippen LogP contribution in [0.15, 0.2) is 85.1 Å². The van der Waals surface area contributed by atoms with E-state index in [1.165, 1.54) is 11.1 Å². The highest BCUT2D eigenvalue weighted by Gasteiger charge is 2.06. The number of hydrogen-bond acceptors (Lipinski definition) is 2. The van der Waals surface area contributed by atoms with Crippen molar-refractivity contribution in [3.05, 3.63) is 96.2 Å². The summed E-state index contributed by atoms with van der Waals surface area (Å²) < 4.78 is 5.53. The Morgan fingerprint density at radius 2 is 1.62 bits per heavy atom. The first-order valence-corrected chi connectivity index (χ1v) is 9.14. The summed E-state index contributed by atoms with van der Waals surface area (Å²) in [5.74, 6) is 0.947. The molecule has 0 aliphatic heterocycles. The van der Waals surface area contributed by atoms with E-state index < -0.39 is 0 Å². The predicted octanol–water partition coefficient (Wildman–Crippen LogP) is 5.88. The van der Waals surface area contributed by atoms with Gasteiger partial charge in [0.2, 0.25) is 0 Å². The number of ether oxygens (including phenoxy) is 1. The number of pyridine rings is 1. The Balaban J connectivity index is 1.57. The van der Waals surface area contributed by atoms with Gasteiger partial charge in [-0.05, 0) is 67.1 Å². The molecule has 0 saturated carbocycles. The lowest BCUT2D eigenvalue weighted by molar-refractivity contribution is 0.409. The second-order valence-corrected chi connectivity index (χ2v) is 6.28. The monoisotopic (exact) mass is 343 g/mol. The van der Waals surface area contributed by atoms with Crippen molar-refractivity contribution in [3.63, 3.8) is 0 Å². The molecule has 2 aromatic carbocycles. The van der Waals surface area contributed by atoms with Crippen molar-refractivity contribution in [1.82, 2.24) is 4.98 Å². The Morgan fingerprint density at radius 3 is 2.35 bits per heavy atom. The van der Waals surface area contributed by atoms with Gasteiger partial charge < -0.3 is 4.74 Å². The van der Waals surface area contributed by atoms with E-state index in [2.05, 4.69) is 59.6 Å². The Kier molecular flexibility index (Phi) is 6.60.